The van der Waals surface area contributed by atoms with Gasteiger partial charge >= 0.3 is 0 Å². The molecule has 3 amide bonds. The van der Waals surface area contributed by atoms with Gasteiger partial charge in [0.25, 0.3) is 17.7 Å². The van der Waals surface area contributed by atoms with Crippen LogP contribution in [0.3, 0.4) is 0 Å². The van der Waals surface area contributed by atoms with Crippen LogP contribution in [-0.4, -0.2) is 117 Å². The van der Waals surface area contributed by atoms with Gasteiger partial charge in [-0.1, -0.05) is 130 Å². The molecule has 2 saturated heterocycles. The number of likely N-dealkylation sites (tertiary alicyclic amines) is 1. The van der Waals surface area contributed by atoms with Crippen LogP contribution in [0.4, 0.5) is 17.5 Å². The summed E-state index contributed by atoms with van der Waals surface area (Å²) in [5.74, 6) is 5.21. The van der Waals surface area contributed by atoms with Crippen molar-refractivity contribution in [3.05, 3.63) is 278 Å². The summed E-state index contributed by atoms with van der Waals surface area (Å²) in [5.41, 5.74) is 6.16. The third-order valence-corrected chi connectivity index (χ3v) is 17.1. The zero-order chi connectivity index (χ0) is 68.4. The Bertz CT molecular complexity index is 4370. The number of nitrogens with zero attached hydrogens (tertiary/aromatic N) is 5. The Balaban J connectivity index is 0.000000169. The lowest BCUT2D eigenvalue weighted by Crippen LogP contribution is -2.42. The number of carbonyl (C=O) groups is 6. The summed E-state index contributed by atoms with van der Waals surface area (Å²) in [4.78, 5) is 97.8. The molecule has 0 bridgehead atoms. The lowest BCUT2D eigenvalue weighted by atomic mass is 9.97. The van der Waals surface area contributed by atoms with Crippen molar-refractivity contribution in [2.24, 2.45) is 5.90 Å². The molecule has 5 heterocycles. The molecule has 2 fully saturated rings. The van der Waals surface area contributed by atoms with E-state index in [1.807, 2.05) is 9.80 Å². The lowest BCUT2D eigenvalue weighted by molar-refractivity contribution is 0.0680. The second-order valence-corrected chi connectivity index (χ2v) is 25.5. The van der Waals surface area contributed by atoms with Crippen LogP contribution in [-0.2, 0) is 28.8 Å². The zero-order valence-electron chi connectivity index (χ0n) is 50.7. The number of hydrogen-bond donors (Lipinski definition) is 7. The molecule has 11 rings (SSSR count). The average molecular weight is 1540 g/mol. The van der Waals surface area contributed by atoms with E-state index in [2.05, 4.69) is 83.5 Å². The van der Waals surface area contributed by atoms with Crippen molar-refractivity contribution in [3.63, 3.8) is 0 Å². The summed E-state index contributed by atoms with van der Waals surface area (Å²) < 4.78 is 7.66. The standard InChI is InChI=1S/C25H22BrClN4O3.C24H20BrClN4O2.C21H16BrClN4O3/c26-19-6-8-23(29-15-19)30-25(33)21-14-20(27)7-5-18(21)13-22(32)16-1-3-17(4-2-16)24(28)31-9-11-34-12-10-31;25-18-7-6-17(20(13-18)24(32)29-22-9-8-19(26)14-28-22)12-21(31)15-2-4-16(5-3-15)23(27)30-10-1-11-30;22-15-6-8-19(26-11-15)27-21(29)17-10-16(23)7-5-14(17)9-18(28)12-1-3-13(4-2-12)20(24)30-25/h1-8,14-15,28H,9-13H2,(H,29,30,33);2-9,13-14,27H,1,10-12H2,(H,28,29,32);1-8,10-11,24H,9,25H2,(H,26,27,29). The summed E-state index contributed by atoms with van der Waals surface area (Å²) in [5, 5.41) is 33.6. The molecule has 0 spiro atoms. The summed E-state index contributed by atoms with van der Waals surface area (Å²) in [6, 6.07) is 45.4. The number of amides is 3. The molecule has 6 aromatic carbocycles. The Kier molecular flexibility index (Phi) is 25.2. The predicted molar refractivity (Wildman–Crippen MR) is 382 cm³/mol. The highest BCUT2D eigenvalue weighted by molar-refractivity contribution is 9.11. The SMILES string of the molecule is N=C(ON)c1ccc(C(=O)Cc2ccc(Cl)cc2C(=O)Nc2ccc(Br)cn2)cc1.N=C(c1ccc(C(=O)Cc2ccc(Br)cc2C(=O)Nc2ccc(Cl)cn2)cc1)N1CCC1.N=C(c1ccc(C(=O)Cc2ccc(Cl)cc2C(=O)Nc2ccc(Br)cn2)cc1)N1CCOCC1. The van der Waals surface area contributed by atoms with Crippen LogP contribution in [0.25, 0.3) is 0 Å². The van der Waals surface area contributed by atoms with Gasteiger partial charge in [0.1, 0.15) is 29.1 Å². The number of morpholine rings is 1. The Morgan fingerprint density at radius 3 is 1.15 bits per heavy atom. The summed E-state index contributed by atoms with van der Waals surface area (Å²) in [7, 11) is 0. The number of pyridine rings is 3. The van der Waals surface area contributed by atoms with Crippen LogP contribution in [0.2, 0.25) is 15.1 Å². The third kappa shape index (κ3) is 19.7. The van der Waals surface area contributed by atoms with Crippen molar-refractivity contribution < 1.29 is 38.3 Å². The first kappa shape index (κ1) is 71.1. The van der Waals surface area contributed by atoms with E-state index in [9.17, 15) is 28.8 Å². The first-order valence-corrected chi connectivity index (χ1v) is 32.9. The van der Waals surface area contributed by atoms with E-state index in [4.69, 9.17) is 61.7 Å². The molecule has 9 aromatic rings. The smallest absolute Gasteiger partial charge is 0.257 e. The van der Waals surface area contributed by atoms with Crippen molar-refractivity contribution in [3.8, 4) is 0 Å². The van der Waals surface area contributed by atoms with Crippen molar-refractivity contribution in [2.75, 3.05) is 55.3 Å². The molecule has 3 aromatic heterocycles. The van der Waals surface area contributed by atoms with E-state index in [0.717, 1.165) is 44.1 Å². The second-order valence-electron chi connectivity index (χ2n) is 21.5. The molecule has 488 valence electrons. The van der Waals surface area contributed by atoms with E-state index in [-0.39, 0.29) is 54.0 Å². The number of nitrogens with two attached hydrogens (primary N) is 1. The number of benzene rings is 6. The molecular formula is C70H58Br3Cl3N12O8. The number of ether oxygens (including phenoxy) is 1. The Labute approximate surface area is 592 Å². The third-order valence-electron chi connectivity index (χ3n) is 15.0. The van der Waals surface area contributed by atoms with Gasteiger partial charge in [-0.05, 0) is 140 Å². The lowest BCUT2D eigenvalue weighted by Gasteiger charge is -2.33. The van der Waals surface area contributed by atoms with Crippen LogP contribution >= 0.6 is 82.6 Å². The minimum Gasteiger partial charge on any atom is -0.391 e. The van der Waals surface area contributed by atoms with Crippen molar-refractivity contribution >= 4 is 153 Å². The maximum absolute atomic E-state index is 13.0. The Hall–Kier alpha value is -9.17. The van der Waals surface area contributed by atoms with Gasteiger partial charge < -0.3 is 35.3 Å². The molecule has 26 heteroatoms. The predicted octanol–water partition coefficient (Wildman–Crippen LogP) is 14.4. The molecule has 0 atom stereocenters. The molecule has 0 aliphatic carbocycles. The molecule has 96 heavy (non-hydrogen) atoms. The molecule has 2 aliphatic rings. The van der Waals surface area contributed by atoms with Gasteiger partial charge in [-0.2, -0.15) is 5.90 Å². The molecule has 2 aliphatic heterocycles. The fourth-order valence-electron chi connectivity index (χ4n) is 9.66. The van der Waals surface area contributed by atoms with Crippen molar-refractivity contribution in [2.45, 2.75) is 25.7 Å². The van der Waals surface area contributed by atoms with Crippen LogP contribution in [0.15, 0.2) is 196 Å². The molecule has 0 unspecified atom stereocenters. The van der Waals surface area contributed by atoms with Gasteiger partial charge in [0.15, 0.2) is 17.3 Å². The quantitative estimate of drug-likeness (QED) is 0.0182. The van der Waals surface area contributed by atoms with Gasteiger partial charge in [-0.25, -0.2) is 15.0 Å². The monoisotopic (exact) mass is 1540 g/mol. The van der Waals surface area contributed by atoms with Gasteiger partial charge in [0.2, 0.25) is 5.90 Å². The maximum Gasteiger partial charge on any atom is 0.257 e. The molecular weight excluding hydrogens is 1480 g/mol. The molecule has 0 radical (unpaired) electrons. The van der Waals surface area contributed by atoms with Crippen LogP contribution in [0, 0.1) is 16.2 Å². The summed E-state index contributed by atoms with van der Waals surface area (Å²) in [6.45, 7) is 4.37. The zero-order valence-corrected chi connectivity index (χ0v) is 57.8. The molecule has 8 N–H and O–H groups in total. The fourth-order valence-corrected chi connectivity index (χ4v) is 10.9. The normalized spacial score (nSPS) is 12.2. The van der Waals surface area contributed by atoms with Gasteiger partial charge in [-0.15, -0.1) is 0 Å². The summed E-state index contributed by atoms with van der Waals surface area (Å²) >= 11 is 28.0. The second kappa shape index (κ2) is 34.0. The topological polar surface area (TPSA) is 300 Å². The van der Waals surface area contributed by atoms with Gasteiger partial charge in [0, 0.05) is 138 Å². The van der Waals surface area contributed by atoms with E-state index >= 15 is 0 Å². The highest BCUT2D eigenvalue weighted by Gasteiger charge is 2.23. The van der Waals surface area contributed by atoms with E-state index in [0.29, 0.717) is 121 Å². The van der Waals surface area contributed by atoms with E-state index in [1.165, 1.54) is 12.3 Å². The number of anilines is 3. The number of ketones is 3. The minimum absolute atomic E-state index is 0.00211. The number of rotatable bonds is 18. The number of aromatic nitrogens is 3. The Morgan fingerprint density at radius 1 is 0.438 bits per heavy atom. The average Bonchev–Trinajstić information content (AvgIpc) is 0.859. The first-order chi connectivity index (χ1) is 46.2. The number of nitrogens with one attached hydrogen (secondary N) is 6. The fraction of sp³-hybridized carbons (Fsp3) is 0.143. The highest BCUT2D eigenvalue weighted by Crippen LogP contribution is 2.26. The van der Waals surface area contributed by atoms with Crippen LogP contribution in [0.5, 0.6) is 0 Å². The van der Waals surface area contributed by atoms with Crippen molar-refractivity contribution in [1.82, 2.24) is 24.8 Å². The Morgan fingerprint density at radius 2 is 0.781 bits per heavy atom. The highest BCUT2D eigenvalue weighted by atomic mass is 79.9. The minimum atomic E-state index is -0.418. The number of Topliss-reactive ketones (excluding diaryl/α,β-unsaturated/α-hetero) is 3. The summed E-state index contributed by atoms with van der Waals surface area (Å²) in [6.07, 6.45) is 5.82. The van der Waals surface area contributed by atoms with E-state index in [1.54, 1.807) is 170 Å². The van der Waals surface area contributed by atoms with Gasteiger partial charge in [-0.3, -0.25) is 45.0 Å². The van der Waals surface area contributed by atoms with E-state index < -0.39 is 11.8 Å². The number of carbonyl (C=O) groups excluding carboxylic acids is 6. The largest absolute Gasteiger partial charge is 0.391 e. The van der Waals surface area contributed by atoms with Crippen molar-refractivity contribution in [1.29, 1.82) is 16.2 Å². The van der Waals surface area contributed by atoms with Crippen LogP contribution in [0.1, 0.15) is 102 Å². The molecule has 20 nitrogen and oxygen atoms in total. The van der Waals surface area contributed by atoms with Crippen LogP contribution < -0.4 is 21.8 Å². The number of halogens is 6. The first-order valence-electron chi connectivity index (χ1n) is 29.4. The maximum atomic E-state index is 13.0. The number of amidine groups is 2. The van der Waals surface area contributed by atoms with Gasteiger partial charge in [0.05, 0.1) is 18.2 Å². The number of hydrogen-bond acceptors (Lipinski definition) is 15. The molecule has 0 saturated carbocycles.